The number of hydrogen-bond acceptors (Lipinski definition) is 2. The van der Waals surface area contributed by atoms with E-state index in [0.29, 0.717) is 27.4 Å². The summed E-state index contributed by atoms with van der Waals surface area (Å²) in [6.07, 6.45) is 3.68. The third-order valence-electron chi connectivity index (χ3n) is 4.32. The molecule has 0 amide bonds. The molecule has 0 fully saturated rings. The highest BCUT2D eigenvalue weighted by Crippen LogP contribution is 2.27. The van der Waals surface area contributed by atoms with E-state index in [4.69, 9.17) is 16.6 Å². The minimum Gasteiger partial charge on any atom is -0.268 e. The Morgan fingerprint density at radius 2 is 1.79 bits per heavy atom. The van der Waals surface area contributed by atoms with Crippen LogP contribution in [0.5, 0.6) is 0 Å². The zero-order chi connectivity index (χ0) is 20.5. The van der Waals surface area contributed by atoms with E-state index in [1.807, 2.05) is 72.8 Å². The molecule has 144 valence electrons. The lowest BCUT2D eigenvalue weighted by Crippen LogP contribution is -2.22. The van der Waals surface area contributed by atoms with Gasteiger partial charge in [0, 0.05) is 17.5 Å². The summed E-state index contributed by atoms with van der Waals surface area (Å²) in [6, 6.07) is 18.9. The fourth-order valence-electron chi connectivity index (χ4n) is 2.95. The van der Waals surface area contributed by atoms with E-state index in [2.05, 4.69) is 54.5 Å². The van der Waals surface area contributed by atoms with E-state index in [0.717, 1.165) is 18.1 Å². The van der Waals surface area contributed by atoms with Gasteiger partial charge in [-0.1, -0.05) is 45.7 Å². The normalized spacial score (nSPS) is 11.4. The topological polar surface area (TPSA) is 34.9 Å². The lowest BCUT2D eigenvalue weighted by Gasteiger charge is -2.14. The number of nitrogens with zero attached hydrogens (tertiary/aromatic N) is 2. The van der Waals surface area contributed by atoms with Gasteiger partial charge in [0.15, 0.2) is 0 Å². The zero-order valence-corrected chi connectivity index (χ0v) is 20.8. The summed E-state index contributed by atoms with van der Waals surface area (Å²) in [5.41, 5.74) is 2.07. The molecule has 3 nitrogen and oxygen atoms in total. The summed E-state index contributed by atoms with van der Waals surface area (Å²) >= 11 is 15.5. The molecule has 0 aliphatic carbocycles. The maximum Gasteiger partial charge on any atom is 0.266 e. The molecule has 3 aromatic carbocycles. The first-order chi connectivity index (χ1) is 13.9. The molecule has 29 heavy (non-hydrogen) atoms. The van der Waals surface area contributed by atoms with Crippen LogP contribution < -0.4 is 5.56 Å². The van der Waals surface area contributed by atoms with Gasteiger partial charge in [-0.2, -0.15) is 0 Å². The highest BCUT2D eigenvalue weighted by molar-refractivity contribution is 14.1. The second-order valence-electron chi connectivity index (χ2n) is 6.22. The molecule has 0 spiro atoms. The average Bonchev–Trinajstić information content (AvgIpc) is 2.70. The number of hydrogen-bond donors (Lipinski definition) is 0. The molecule has 4 rings (SSSR count). The van der Waals surface area contributed by atoms with Crippen molar-refractivity contribution >= 4 is 89.1 Å². The summed E-state index contributed by atoms with van der Waals surface area (Å²) in [4.78, 5) is 18.2. The van der Waals surface area contributed by atoms with E-state index in [9.17, 15) is 4.79 Å². The van der Waals surface area contributed by atoms with Crippen molar-refractivity contribution in [1.82, 2.24) is 9.55 Å². The molecule has 0 saturated heterocycles. The van der Waals surface area contributed by atoms with Crippen LogP contribution in [0.15, 0.2) is 74.4 Å². The lowest BCUT2D eigenvalue weighted by molar-refractivity contribution is 0.938. The molecule has 7 heteroatoms. The van der Waals surface area contributed by atoms with E-state index in [1.54, 1.807) is 4.57 Å². The third-order valence-corrected chi connectivity index (χ3v) is 6.50. The van der Waals surface area contributed by atoms with Crippen LogP contribution in [0.1, 0.15) is 11.4 Å². The monoisotopic (exact) mass is 640 g/mol. The standard InChI is InChI=1S/C22H12Br2ClIN2O/c23-14-6-8-17(24)20(11-14)28-21(10-5-13-3-1-2-4-18(13)25)27-19-9-7-15(26)12-16(19)22(28)29/h1-12H/b10-5-. The van der Waals surface area contributed by atoms with Gasteiger partial charge in [0.25, 0.3) is 5.56 Å². The molecule has 0 N–H and O–H groups in total. The van der Waals surface area contributed by atoms with Gasteiger partial charge in [-0.15, -0.1) is 0 Å². The van der Waals surface area contributed by atoms with Crippen molar-refractivity contribution in [1.29, 1.82) is 0 Å². The quantitative estimate of drug-likeness (QED) is 0.219. The Labute approximate surface area is 202 Å². The van der Waals surface area contributed by atoms with Crippen LogP contribution in [0.3, 0.4) is 0 Å². The maximum atomic E-state index is 13.5. The van der Waals surface area contributed by atoms with Crippen molar-refractivity contribution in [2.75, 3.05) is 0 Å². The van der Waals surface area contributed by atoms with Crippen molar-refractivity contribution < 1.29 is 0 Å². The Morgan fingerprint density at radius 1 is 1.00 bits per heavy atom. The van der Waals surface area contributed by atoms with Gasteiger partial charge in [-0.05, 0) is 98.7 Å². The fourth-order valence-corrected chi connectivity index (χ4v) is 4.41. The summed E-state index contributed by atoms with van der Waals surface area (Å²) < 4.78 is 4.25. The summed E-state index contributed by atoms with van der Waals surface area (Å²) in [5.74, 6) is 0.516. The first-order valence-corrected chi connectivity index (χ1v) is 11.6. The van der Waals surface area contributed by atoms with E-state index in [1.165, 1.54) is 0 Å². The molecule has 0 atom stereocenters. The van der Waals surface area contributed by atoms with Gasteiger partial charge >= 0.3 is 0 Å². The first kappa shape index (κ1) is 20.8. The Kier molecular flexibility index (Phi) is 6.24. The van der Waals surface area contributed by atoms with Gasteiger partial charge in [-0.25, -0.2) is 4.98 Å². The Bertz CT molecular complexity index is 1330. The molecule has 0 radical (unpaired) electrons. The van der Waals surface area contributed by atoms with Crippen LogP contribution in [0.4, 0.5) is 0 Å². The van der Waals surface area contributed by atoms with Crippen molar-refractivity contribution in [3.05, 3.63) is 99.9 Å². The van der Waals surface area contributed by atoms with E-state index >= 15 is 0 Å². The number of halogens is 4. The van der Waals surface area contributed by atoms with Crippen molar-refractivity contribution in [2.45, 2.75) is 0 Å². The SMILES string of the molecule is O=c1c2cc(I)ccc2nc(/C=C\c2ccccc2Cl)n1-c1cc(Br)ccc1Br. The molecular formula is C22H12Br2ClIN2O. The van der Waals surface area contributed by atoms with Gasteiger partial charge in [0.05, 0.1) is 16.6 Å². The van der Waals surface area contributed by atoms with Crippen LogP contribution in [0.25, 0.3) is 28.7 Å². The number of fused-ring (bicyclic) bond motifs is 1. The molecule has 0 aliphatic heterocycles. The number of benzene rings is 3. The average molecular weight is 643 g/mol. The lowest BCUT2D eigenvalue weighted by atomic mass is 10.2. The second kappa shape index (κ2) is 8.71. The molecule has 1 heterocycles. The molecule has 0 bridgehead atoms. The molecular weight excluding hydrogens is 630 g/mol. The van der Waals surface area contributed by atoms with Crippen LogP contribution in [0, 0.1) is 3.57 Å². The molecule has 0 unspecified atom stereocenters. The van der Waals surface area contributed by atoms with Gasteiger partial charge in [0.2, 0.25) is 0 Å². The summed E-state index contributed by atoms with van der Waals surface area (Å²) in [6.45, 7) is 0. The third kappa shape index (κ3) is 4.35. The first-order valence-electron chi connectivity index (χ1n) is 8.54. The molecule has 4 aromatic rings. The van der Waals surface area contributed by atoms with Crippen molar-refractivity contribution in [2.24, 2.45) is 0 Å². The summed E-state index contributed by atoms with van der Waals surface area (Å²) in [5, 5.41) is 1.20. The Balaban J connectivity index is 2.02. The van der Waals surface area contributed by atoms with Crippen molar-refractivity contribution in [3.8, 4) is 5.69 Å². The van der Waals surface area contributed by atoms with E-state index < -0.39 is 0 Å². The molecule has 0 aliphatic rings. The fraction of sp³-hybridized carbons (Fsp3) is 0. The smallest absolute Gasteiger partial charge is 0.266 e. The van der Waals surface area contributed by atoms with Gasteiger partial charge in [-0.3, -0.25) is 9.36 Å². The minimum atomic E-state index is -0.133. The second-order valence-corrected chi connectivity index (χ2v) is 9.65. The summed E-state index contributed by atoms with van der Waals surface area (Å²) in [7, 11) is 0. The minimum absolute atomic E-state index is 0.133. The van der Waals surface area contributed by atoms with Crippen LogP contribution in [0.2, 0.25) is 5.02 Å². The van der Waals surface area contributed by atoms with Gasteiger partial charge in [0.1, 0.15) is 5.82 Å². The highest BCUT2D eigenvalue weighted by atomic mass is 127. The van der Waals surface area contributed by atoms with E-state index in [-0.39, 0.29) is 5.56 Å². The number of rotatable bonds is 3. The van der Waals surface area contributed by atoms with Gasteiger partial charge < -0.3 is 0 Å². The predicted octanol–water partition coefficient (Wildman–Crippen LogP) is 7.34. The number of aromatic nitrogens is 2. The Hall–Kier alpha value is -1.48. The zero-order valence-electron chi connectivity index (χ0n) is 14.7. The predicted molar refractivity (Wildman–Crippen MR) is 136 cm³/mol. The maximum absolute atomic E-state index is 13.5. The van der Waals surface area contributed by atoms with Crippen LogP contribution in [-0.2, 0) is 0 Å². The highest BCUT2D eigenvalue weighted by Gasteiger charge is 2.14. The Morgan fingerprint density at radius 3 is 2.59 bits per heavy atom. The van der Waals surface area contributed by atoms with Crippen molar-refractivity contribution in [3.63, 3.8) is 0 Å². The largest absolute Gasteiger partial charge is 0.268 e. The molecule has 0 saturated carbocycles. The molecule has 1 aromatic heterocycles. The van der Waals surface area contributed by atoms with Crippen LogP contribution >= 0.6 is 66.1 Å². The van der Waals surface area contributed by atoms with Crippen LogP contribution in [-0.4, -0.2) is 9.55 Å².